The monoisotopic (exact) mass is 393 g/mol. The molecule has 1 aromatic carbocycles. The Balaban J connectivity index is 1.31. The third-order valence-electron chi connectivity index (χ3n) is 5.80. The van der Waals surface area contributed by atoms with E-state index < -0.39 is 0 Å². The average molecular weight is 393 g/mol. The zero-order valence-corrected chi connectivity index (χ0v) is 17.2. The highest BCUT2D eigenvalue weighted by Gasteiger charge is 2.49. The average Bonchev–Trinajstić information content (AvgIpc) is 3.52. The molecule has 152 valence electrons. The van der Waals surface area contributed by atoms with Crippen LogP contribution in [0.3, 0.4) is 0 Å². The molecule has 7 heteroatoms. The van der Waals surface area contributed by atoms with Crippen LogP contribution in [-0.4, -0.2) is 52.9 Å². The molecule has 2 amide bonds. The fourth-order valence-electron chi connectivity index (χ4n) is 4.17. The van der Waals surface area contributed by atoms with Crippen molar-refractivity contribution in [1.29, 1.82) is 0 Å². The number of carbonyl (C=O) groups excluding carboxylic acids is 2. The lowest BCUT2D eigenvalue weighted by Crippen LogP contribution is -2.50. The summed E-state index contributed by atoms with van der Waals surface area (Å²) in [4.78, 5) is 38.0. The van der Waals surface area contributed by atoms with Gasteiger partial charge in [-0.15, -0.1) is 0 Å². The van der Waals surface area contributed by atoms with Crippen LogP contribution in [0.1, 0.15) is 23.1 Å². The Kier molecular flexibility index (Phi) is 5.22. The molecule has 1 saturated heterocycles. The third kappa shape index (κ3) is 4.09. The number of amides is 2. The van der Waals surface area contributed by atoms with E-state index in [1.54, 1.807) is 18.5 Å². The summed E-state index contributed by atoms with van der Waals surface area (Å²) in [7, 11) is 0. The summed E-state index contributed by atoms with van der Waals surface area (Å²) in [5, 5.41) is 3.05. The van der Waals surface area contributed by atoms with Gasteiger partial charge in [-0.25, -0.2) is 9.97 Å². The molecule has 1 saturated carbocycles. The maximum atomic E-state index is 12.8. The maximum absolute atomic E-state index is 12.8. The molecule has 4 rings (SSSR count). The SMILES string of the molecule is Cc1cc(C)c(NC(=O)C2CC2C(=O)N2CCN(c3ncccn3)CC2)c(C)c1. The standard InChI is InChI=1S/C22H27N5O2/c1-14-11-15(2)19(16(3)12-14)25-20(28)17-13-18(17)21(29)26-7-9-27(10-8-26)22-23-5-4-6-24-22/h4-6,11-12,17-18H,7-10,13H2,1-3H3,(H,25,28). The van der Waals surface area contributed by atoms with Crippen LogP contribution >= 0.6 is 0 Å². The first-order valence-corrected chi connectivity index (χ1v) is 10.1. The van der Waals surface area contributed by atoms with Crippen molar-refractivity contribution in [2.75, 3.05) is 36.4 Å². The van der Waals surface area contributed by atoms with Crippen molar-refractivity contribution in [3.05, 3.63) is 47.3 Å². The van der Waals surface area contributed by atoms with Crippen LogP contribution in [-0.2, 0) is 9.59 Å². The smallest absolute Gasteiger partial charge is 0.228 e. The minimum Gasteiger partial charge on any atom is -0.339 e. The van der Waals surface area contributed by atoms with Gasteiger partial charge < -0.3 is 15.1 Å². The normalized spacial score (nSPS) is 21.1. The minimum atomic E-state index is -0.224. The first kappa shape index (κ1) is 19.4. The van der Waals surface area contributed by atoms with E-state index in [4.69, 9.17) is 0 Å². The summed E-state index contributed by atoms with van der Waals surface area (Å²) in [6, 6.07) is 5.92. The number of carbonyl (C=O) groups is 2. The second kappa shape index (κ2) is 7.81. The number of hydrogen-bond acceptors (Lipinski definition) is 5. The Morgan fingerprint density at radius 1 is 0.966 bits per heavy atom. The molecule has 0 radical (unpaired) electrons. The van der Waals surface area contributed by atoms with E-state index in [9.17, 15) is 9.59 Å². The van der Waals surface area contributed by atoms with E-state index in [2.05, 4.69) is 32.3 Å². The molecule has 1 N–H and O–H groups in total. The second-order valence-corrected chi connectivity index (χ2v) is 8.07. The first-order chi connectivity index (χ1) is 13.9. The third-order valence-corrected chi connectivity index (χ3v) is 5.80. The highest BCUT2D eigenvalue weighted by Crippen LogP contribution is 2.41. The van der Waals surface area contributed by atoms with E-state index in [-0.39, 0.29) is 23.7 Å². The fraction of sp³-hybridized carbons (Fsp3) is 0.455. The van der Waals surface area contributed by atoms with Crippen molar-refractivity contribution in [3.8, 4) is 0 Å². The molecule has 2 aliphatic rings. The maximum Gasteiger partial charge on any atom is 0.228 e. The highest BCUT2D eigenvalue weighted by molar-refractivity contribution is 6.00. The van der Waals surface area contributed by atoms with Crippen LogP contribution in [0, 0.1) is 32.6 Å². The van der Waals surface area contributed by atoms with Gasteiger partial charge in [0.2, 0.25) is 17.8 Å². The predicted octanol–water partition coefficient (Wildman–Crippen LogP) is 2.33. The van der Waals surface area contributed by atoms with Crippen molar-refractivity contribution >= 4 is 23.5 Å². The highest BCUT2D eigenvalue weighted by atomic mass is 16.2. The van der Waals surface area contributed by atoms with Gasteiger partial charge in [0.25, 0.3) is 0 Å². The number of nitrogens with one attached hydrogen (secondary N) is 1. The number of benzene rings is 1. The fourth-order valence-corrected chi connectivity index (χ4v) is 4.17. The van der Waals surface area contributed by atoms with E-state index >= 15 is 0 Å². The minimum absolute atomic E-state index is 0.0466. The van der Waals surface area contributed by atoms with Crippen LogP contribution < -0.4 is 10.2 Å². The second-order valence-electron chi connectivity index (χ2n) is 8.07. The van der Waals surface area contributed by atoms with Gasteiger partial charge in [-0.1, -0.05) is 17.7 Å². The van der Waals surface area contributed by atoms with Crippen LogP contribution in [0.25, 0.3) is 0 Å². The molecule has 7 nitrogen and oxygen atoms in total. The lowest BCUT2D eigenvalue weighted by molar-refractivity contribution is -0.134. The summed E-state index contributed by atoms with van der Waals surface area (Å²) < 4.78 is 0. The number of aryl methyl sites for hydroxylation is 3. The molecule has 2 unspecified atom stereocenters. The molecule has 1 aliphatic carbocycles. The molecular weight excluding hydrogens is 366 g/mol. The van der Waals surface area contributed by atoms with Gasteiger partial charge in [-0.05, 0) is 44.4 Å². The number of anilines is 2. The predicted molar refractivity (Wildman–Crippen MR) is 112 cm³/mol. The lowest BCUT2D eigenvalue weighted by Gasteiger charge is -2.34. The van der Waals surface area contributed by atoms with E-state index in [0.29, 0.717) is 38.5 Å². The molecule has 1 aliphatic heterocycles. The van der Waals surface area contributed by atoms with Crippen molar-refractivity contribution in [1.82, 2.24) is 14.9 Å². The zero-order chi connectivity index (χ0) is 20.5. The number of hydrogen-bond donors (Lipinski definition) is 1. The molecule has 2 atom stereocenters. The summed E-state index contributed by atoms with van der Waals surface area (Å²) in [5.74, 6) is 0.330. The van der Waals surface area contributed by atoms with E-state index in [1.807, 2.05) is 25.7 Å². The van der Waals surface area contributed by atoms with Crippen molar-refractivity contribution in [3.63, 3.8) is 0 Å². The molecule has 1 aromatic heterocycles. The van der Waals surface area contributed by atoms with Crippen LogP contribution in [0.4, 0.5) is 11.6 Å². The van der Waals surface area contributed by atoms with Crippen molar-refractivity contribution < 1.29 is 9.59 Å². The first-order valence-electron chi connectivity index (χ1n) is 10.1. The van der Waals surface area contributed by atoms with Crippen molar-refractivity contribution in [2.24, 2.45) is 11.8 Å². The number of aromatic nitrogens is 2. The molecule has 2 aromatic rings. The number of rotatable bonds is 4. The van der Waals surface area contributed by atoms with Gasteiger partial charge in [0, 0.05) is 44.3 Å². The van der Waals surface area contributed by atoms with Gasteiger partial charge in [0.1, 0.15) is 0 Å². The lowest BCUT2D eigenvalue weighted by atomic mass is 10.0. The Morgan fingerprint density at radius 2 is 1.59 bits per heavy atom. The number of nitrogens with zero attached hydrogens (tertiary/aromatic N) is 4. The van der Waals surface area contributed by atoms with E-state index in [0.717, 1.165) is 16.8 Å². The zero-order valence-electron chi connectivity index (χ0n) is 17.2. The van der Waals surface area contributed by atoms with E-state index in [1.165, 1.54) is 5.56 Å². The topological polar surface area (TPSA) is 78.4 Å². The van der Waals surface area contributed by atoms with Gasteiger partial charge >= 0.3 is 0 Å². The summed E-state index contributed by atoms with van der Waals surface area (Å²) >= 11 is 0. The Hall–Kier alpha value is -2.96. The largest absolute Gasteiger partial charge is 0.339 e. The molecule has 29 heavy (non-hydrogen) atoms. The molecular formula is C22H27N5O2. The van der Waals surface area contributed by atoms with Crippen molar-refractivity contribution in [2.45, 2.75) is 27.2 Å². The van der Waals surface area contributed by atoms with Crippen LogP contribution in [0.2, 0.25) is 0 Å². The van der Waals surface area contributed by atoms with Gasteiger partial charge in [-0.2, -0.15) is 0 Å². The van der Waals surface area contributed by atoms with Gasteiger partial charge in [-0.3, -0.25) is 9.59 Å². The van der Waals surface area contributed by atoms with Gasteiger partial charge in [0.15, 0.2) is 0 Å². The van der Waals surface area contributed by atoms with Crippen LogP contribution in [0.15, 0.2) is 30.6 Å². The van der Waals surface area contributed by atoms with Crippen LogP contribution in [0.5, 0.6) is 0 Å². The quantitative estimate of drug-likeness (QED) is 0.863. The molecule has 0 bridgehead atoms. The summed E-state index contributed by atoms with van der Waals surface area (Å²) in [5.41, 5.74) is 4.16. The Bertz CT molecular complexity index is 899. The molecule has 2 fully saturated rings. The molecule has 0 spiro atoms. The summed E-state index contributed by atoms with van der Waals surface area (Å²) in [6.45, 7) is 8.74. The molecule has 2 heterocycles. The summed E-state index contributed by atoms with van der Waals surface area (Å²) in [6.07, 6.45) is 4.09. The van der Waals surface area contributed by atoms with Gasteiger partial charge in [0.05, 0.1) is 11.8 Å². The number of piperazine rings is 1. The Labute approximate surface area is 171 Å². The Morgan fingerprint density at radius 3 is 2.21 bits per heavy atom.